The molecule has 6 nitrogen and oxygen atoms in total. The van der Waals surface area contributed by atoms with Crippen LogP contribution in [0, 0.1) is 0 Å². The lowest BCUT2D eigenvalue weighted by atomic mass is 10.5. The van der Waals surface area contributed by atoms with Crippen molar-refractivity contribution in [2.45, 2.75) is 18.9 Å². The standard InChI is InChI=1S/C11H18N6/c1-12-11(17-9-2-3-9)16-7-6-15-10-8-13-4-5-14-10/h4-5,8-9H,2-3,6-7H2,1H3,(H,14,15)(H2,12,16,17). The van der Waals surface area contributed by atoms with Crippen LogP contribution in [0.5, 0.6) is 0 Å². The van der Waals surface area contributed by atoms with Gasteiger partial charge in [-0.25, -0.2) is 4.98 Å². The van der Waals surface area contributed by atoms with Crippen molar-refractivity contribution in [2.24, 2.45) is 4.99 Å². The maximum atomic E-state index is 4.15. The number of aliphatic imine (C=N–C) groups is 1. The Kier molecular flexibility index (Phi) is 4.12. The van der Waals surface area contributed by atoms with E-state index in [-0.39, 0.29) is 0 Å². The van der Waals surface area contributed by atoms with Crippen LogP contribution in [0.15, 0.2) is 23.6 Å². The summed E-state index contributed by atoms with van der Waals surface area (Å²) < 4.78 is 0. The molecule has 1 fully saturated rings. The predicted octanol–water partition coefficient (Wildman–Crippen LogP) is 0.216. The fourth-order valence-electron chi connectivity index (χ4n) is 1.38. The molecule has 1 aromatic heterocycles. The van der Waals surface area contributed by atoms with Gasteiger partial charge in [0.1, 0.15) is 5.82 Å². The summed E-state index contributed by atoms with van der Waals surface area (Å²) in [6, 6.07) is 0.620. The van der Waals surface area contributed by atoms with E-state index in [1.54, 1.807) is 25.6 Å². The lowest BCUT2D eigenvalue weighted by Gasteiger charge is -2.11. The minimum Gasteiger partial charge on any atom is -0.367 e. The molecule has 0 amide bonds. The fraction of sp³-hybridized carbons (Fsp3) is 0.545. The van der Waals surface area contributed by atoms with Crippen molar-refractivity contribution in [3.63, 3.8) is 0 Å². The normalized spacial score (nSPS) is 15.5. The summed E-state index contributed by atoms with van der Waals surface area (Å²) in [6.45, 7) is 1.58. The lowest BCUT2D eigenvalue weighted by Crippen LogP contribution is -2.40. The van der Waals surface area contributed by atoms with Crippen LogP contribution in [0.2, 0.25) is 0 Å². The zero-order chi connectivity index (χ0) is 11.9. The molecule has 2 rings (SSSR count). The van der Waals surface area contributed by atoms with Crippen molar-refractivity contribution in [3.8, 4) is 0 Å². The van der Waals surface area contributed by atoms with Gasteiger partial charge in [0.05, 0.1) is 6.20 Å². The summed E-state index contributed by atoms with van der Waals surface area (Å²) in [4.78, 5) is 12.3. The van der Waals surface area contributed by atoms with Gasteiger partial charge in [-0.2, -0.15) is 0 Å². The van der Waals surface area contributed by atoms with Crippen LogP contribution in [-0.4, -0.2) is 42.1 Å². The molecule has 1 heterocycles. The highest BCUT2D eigenvalue weighted by molar-refractivity contribution is 5.80. The molecule has 17 heavy (non-hydrogen) atoms. The summed E-state index contributed by atoms with van der Waals surface area (Å²) in [5.41, 5.74) is 0. The summed E-state index contributed by atoms with van der Waals surface area (Å²) in [5, 5.41) is 9.74. The van der Waals surface area contributed by atoms with Crippen LogP contribution in [0.25, 0.3) is 0 Å². The van der Waals surface area contributed by atoms with Crippen molar-refractivity contribution < 1.29 is 0 Å². The van der Waals surface area contributed by atoms with E-state index in [2.05, 4.69) is 30.9 Å². The summed E-state index contributed by atoms with van der Waals surface area (Å²) in [7, 11) is 1.79. The molecule has 0 aromatic carbocycles. The zero-order valence-electron chi connectivity index (χ0n) is 9.98. The molecule has 0 atom stereocenters. The van der Waals surface area contributed by atoms with Crippen LogP contribution >= 0.6 is 0 Å². The van der Waals surface area contributed by atoms with Crippen LogP contribution in [0.4, 0.5) is 5.82 Å². The smallest absolute Gasteiger partial charge is 0.191 e. The molecule has 0 saturated heterocycles. The van der Waals surface area contributed by atoms with Gasteiger partial charge in [0.2, 0.25) is 0 Å². The number of nitrogens with one attached hydrogen (secondary N) is 3. The van der Waals surface area contributed by atoms with Gasteiger partial charge in [0.15, 0.2) is 5.96 Å². The fourth-order valence-corrected chi connectivity index (χ4v) is 1.38. The van der Waals surface area contributed by atoms with E-state index in [9.17, 15) is 0 Å². The minimum atomic E-state index is 0.620. The van der Waals surface area contributed by atoms with E-state index >= 15 is 0 Å². The van der Waals surface area contributed by atoms with Gasteiger partial charge in [0.25, 0.3) is 0 Å². The lowest BCUT2D eigenvalue weighted by molar-refractivity contribution is 0.808. The third-order valence-electron chi connectivity index (χ3n) is 2.43. The second-order valence-corrected chi connectivity index (χ2v) is 3.94. The third kappa shape index (κ3) is 4.26. The van der Waals surface area contributed by atoms with Crippen LogP contribution in [0.3, 0.4) is 0 Å². The molecule has 3 N–H and O–H groups in total. The minimum absolute atomic E-state index is 0.620. The van der Waals surface area contributed by atoms with Crippen LogP contribution in [0.1, 0.15) is 12.8 Å². The SMILES string of the molecule is CN=C(NCCNc1cnccn1)NC1CC1. The molecular weight excluding hydrogens is 216 g/mol. The summed E-state index contributed by atoms with van der Waals surface area (Å²) >= 11 is 0. The Morgan fingerprint density at radius 2 is 2.29 bits per heavy atom. The molecule has 1 aromatic rings. The molecule has 6 heteroatoms. The Balaban J connectivity index is 1.61. The highest BCUT2D eigenvalue weighted by Gasteiger charge is 2.21. The van der Waals surface area contributed by atoms with Gasteiger partial charge in [-0.05, 0) is 12.8 Å². The van der Waals surface area contributed by atoms with Gasteiger partial charge < -0.3 is 16.0 Å². The Morgan fingerprint density at radius 1 is 1.41 bits per heavy atom. The van der Waals surface area contributed by atoms with Crippen LogP contribution < -0.4 is 16.0 Å². The second-order valence-electron chi connectivity index (χ2n) is 3.94. The van der Waals surface area contributed by atoms with Crippen molar-refractivity contribution in [3.05, 3.63) is 18.6 Å². The highest BCUT2D eigenvalue weighted by atomic mass is 15.2. The third-order valence-corrected chi connectivity index (χ3v) is 2.43. The Hall–Kier alpha value is -1.85. The molecule has 0 radical (unpaired) electrons. The first-order chi connectivity index (χ1) is 8.38. The van der Waals surface area contributed by atoms with Gasteiger partial charge in [-0.15, -0.1) is 0 Å². The Bertz CT molecular complexity index is 359. The zero-order valence-corrected chi connectivity index (χ0v) is 9.98. The quantitative estimate of drug-likeness (QED) is 0.386. The van der Waals surface area contributed by atoms with E-state index in [4.69, 9.17) is 0 Å². The molecule has 0 aliphatic heterocycles. The van der Waals surface area contributed by atoms with E-state index in [1.165, 1.54) is 12.8 Å². The Morgan fingerprint density at radius 3 is 2.94 bits per heavy atom. The van der Waals surface area contributed by atoms with Crippen molar-refractivity contribution in [1.82, 2.24) is 20.6 Å². The number of rotatable bonds is 5. The number of nitrogens with zero attached hydrogens (tertiary/aromatic N) is 3. The topological polar surface area (TPSA) is 74.2 Å². The maximum Gasteiger partial charge on any atom is 0.191 e. The number of aromatic nitrogens is 2. The first kappa shape index (κ1) is 11.6. The van der Waals surface area contributed by atoms with E-state index in [0.29, 0.717) is 6.04 Å². The summed E-state index contributed by atoms with van der Waals surface area (Å²) in [5.74, 6) is 1.66. The molecule has 1 saturated carbocycles. The van der Waals surface area contributed by atoms with Gasteiger partial charge in [0, 0.05) is 38.6 Å². The maximum absolute atomic E-state index is 4.15. The van der Waals surface area contributed by atoms with E-state index in [1.807, 2.05) is 0 Å². The first-order valence-electron chi connectivity index (χ1n) is 5.85. The largest absolute Gasteiger partial charge is 0.367 e. The number of anilines is 1. The van der Waals surface area contributed by atoms with Gasteiger partial charge >= 0.3 is 0 Å². The molecular formula is C11H18N6. The first-order valence-corrected chi connectivity index (χ1v) is 5.85. The van der Waals surface area contributed by atoms with Crippen LogP contribution in [-0.2, 0) is 0 Å². The molecule has 1 aliphatic carbocycles. The monoisotopic (exact) mass is 234 g/mol. The molecule has 92 valence electrons. The molecule has 0 spiro atoms. The predicted molar refractivity (Wildman–Crippen MR) is 68.0 cm³/mol. The number of hydrogen-bond donors (Lipinski definition) is 3. The van der Waals surface area contributed by atoms with Crippen molar-refractivity contribution >= 4 is 11.8 Å². The van der Waals surface area contributed by atoms with Gasteiger partial charge in [-0.3, -0.25) is 9.98 Å². The second kappa shape index (κ2) is 6.03. The average Bonchev–Trinajstić information content (AvgIpc) is 3.18. The highest BCUT2D eigenvalue weighted by Crippen LogP contribution is 2.18. The molecule has 0 unspecified atom stereocenters. The van der Waals surface area contributed by atoms with Crippen molar-refractivity contribution in [1.29, 1.82) is 0 Å². The van der Waals surface area contributed by atoms with E-state index < -0.39 is 0 Å². The van der Waals surface area contributed by atoms with E-state index in [0.717, 1.165) is 24.9 Å². The number of hydrogen-bond acceptors (Lipinski definition) is 4. The van der Waals surface area contributed by atoms with Crippen molar-refractivity contribution in [2.75, 3.05) is 25.5 Å². The molecule has 1 aliphatic rings. The van der Waals surface area contributed by atoms with Gasteiger partial charge in [-0.1, -0.05) is 0 Å². The molecule has 0 bridgehead atoms. The summed E-state index contributed by atoms with van der Waals surface area (Å²) in [6.07, 6.45) is 7.53. The average molecular weight is 234 g/mol. The Labute approximate surface area is 101 Å². The number of guanidine groups is 1.